The minimum absolute atomic E-state index is 0.117. The standard InChI is InChI=1S/C15H23NO/c1-12(17-2)3-4-13-5-7-14(8-6-13)11-15(16)9-10-15/h5-8,12H,3-4,9-11,16H2,1-2H3. The third-order valence-corrected chi connectivity index (χ3v) is 3.71. The summed E-state index contributed by atoms with van der Waals surface area (Å²) < 4.78 is 5.25. The van der Waals surface area contributed by atoms with Crippen LogP contribution in [0, 0.1) is 0 Å². The van der Waals surface area contributed by atoms with E-state index < -0.39 is 0 Å². The van der Waals surface area contributed by atoms with Crippen molar-refractivity contribution in [3.63, 3.8) is 0 Å². The molecule has 2 rings (SSSR count). The lowest BCUT2D eigenvalue weighted by molar-refractivity contribution is 0.111. The Kier molecular flexibility index (Phi) is 3.85. The van der Waals surface area contributed by atoms with Crippen LogP contribution >= 0.6 is 0 Å². The second-order valence-corrected chi connectivity index (χ2v) is 5.44. The number of rotatable bonds is 6. The van der Waals surface area contributed by atoms with Crippen molar-refractivity contribution in [3.8, 4) is 0 Å². The zero-order valence-corrected chi connectivity index (χ0v) is 10.9. The van der Waals surface area contributed by atoms with E-state index in [1.165, 1.54) is 24.0 Å². The Hall–Kier alpha value is -0.860. The molecular formula is C15H23NO. The van der Waals surface area contributed by atoms with E-state index in [-0.39, 0.29) is 5.54 Å². The number of hydrogen-bond donors (Lipinski definition) is 1. The van der Waals surface area contributed by atoms with E-state index in [2.05, 4.69) is 31.2 Å². The Morgan fingerprint density at radius 1 is 1.24 bits per heavy atom. The van der Waals surface area contributed by atoms with Crippen LogP contribution in [-0.4, -0.2) is 18.8 Å². The molecule has 0 bridgehead atoms. The Labute approximate surface area is 104 Å². The molecule has 1 saturated carbocycles. The molecule has 0 radical (unpaired) electrons. The van der Waals surface area contributed by atoms with E-state index >= 15 is 0 Å². The fraction of sp³-hybridized carbons (Fsp3) is 0.600. The quantitative estimate of drug-likeness (QED) is 0.820. The Morgan fingerprint density at radius 3 is 2.35 bits per heavy atom. The first-order valence-corrected chi connectivity index (χ1v) is 6.51. The lowest BCUT2D eigenvalue weighted by Crippen LogP contribution is -2.24. The first-order chi connectivity index (χ1) is 8.11. The summed E-state index contributed by atoms with van der Waals surface area (Å²) in [7, 11) is 1.77. The Morgan fingerprint density at radius 2 is 1.82 bits per heavy atom. The molecule has 1 unspecified atom stereocenters. The molecule has 2 heteroatoms. The summed E-state index contributed by atoms with van der Waals surface area (Å²) in [4.78, 5) is 0. The first-order valence-electron chi connectivity index (χ1n) is 6.51. The molecule has 17 heavy (non-hydrogen) atoms. The molecule has 0 amide bonds. The van der Waals surface area contributed by atoms with Crippen LogP contribution in [0.3, 0.4) is 0 Å². The maximum atomic E-state index is 6.12. The molecule has 1 aromatic rings. The van der Waals surface area contributed by atoms with E-state index in [9.17, 15) is 0 Å². The summed E-state index contributed by atoms with van der Waals surface area (Å²) in [5.41, 5.74) is 8.99. The van der Waals surface area contributed by atoms with Gasteiger partial charge in [-0.05, 0) is 50.2 Å². The van der Waals surface area contributed by atoms with Gasteiger partial charge in [0.2, 0.25) is 0 Å². The van der Waals surface area contributed by atoms with Crippen molar-refractivity contribution in [1.29, 1.82) is 0 Å². The lowest BCUT2D eigenvalue weighted by atomic mass is 10.0. The number of benzene rings is 1. The second-order valence-electron chi connectivity index (χ2n) is 5.44. The third-order valence-electron chi connectivity index (χ3n) is 3.71. The molecule has 0 heterocycles. The van der Waals surface area contributed by atoms with Gasteiger partial charge in [-0.1, -0.05) is 24.3 Å². The summed E-state index contributed by atoms with van der Waals surface area (Å²) >= 11 is 0. The topological polar surface area (TPSA) is 35.2 Å². The van der Waals surface area contributed by atoms with Crippen molar-refractivity contribution in [3.05, 3.63) is 35.4 Å². The summed E-state index contributed by atoms with van der Waals surface area (Å²) in [6.07, 6.45) is 5.90. The molecule has 0 spiro atoms. The van der Waals surface area contributed by atoms with Crippen LogP contribution in [0.25, 0.3) is 0 Å². The van der Waals surface area contributed by atoms with Crippen LogP contribution in [0.15, 0.2) is 24.3 Å². The Bertz CT molecular complexity index is 354. The maximum Gasteiger partial charge on any atom is 0.0546 e. The van der Waals surface area contributed by atoms with Gasteiger partial charge in [0.05, 0.1) is 6.10 Å². The Balaban J connectivity index is 1.84. The third kappa shape index (κ3) is 3.83. The monoisotopic (exact) mass is 233 g/mol. The van der Waals surface area contributed by atoms with Crippen molar-refractivity contribution in [2.24, 2.45) is 5.73 Å². The molecule has 2 nitrogen and oxygen atoms in total. The van der Waals surface area contributed by atoms with E-state index in [0.717, 1.165) is 19.3 Å². The molecule has 1 aliphatic rings. The van der Waals surface area contributed by atoms with Gasteiger partial charge in [0.1, 0.15) is 0 Å². The van der Waals surface area contributed by atoms with Gasteiger partial charge in [-0.2, -0.15) is 0 Å². The first kappa shape index (κ1) is 12.6. The van der Waals surface area contributed by atoms with E-state index in [1.807, 2.05) is 0 Å². The van der Waals surface area contributed by atoms with Gasteiger partial charge in [-0.15, -0.1) is 0 Å². The number of hydrogen-bond acceptors (Lipinski definition) is 2. The molecule has 2 N–H and O–H groups in total. The maximum absolute atomic E-state index is 6.12. The van der Waals surface area contributed by atoms with Gasteiger partial charge in [0.25, 0.3) is 0 Å². The average Bonchev–Trinajstić information content (AvgIpc) is 3.05. The second kappa shape index (κ2) is 5.19. The van der Waals surface area contributed by atoms with Crippen molar-refractivity contribution < 1.29 is 4.74 Å². The van der Waals surface area contributed by atoms with Gasteiger partial charge in [-0.25, -0.2) is 0 Å². The molecule has 0 aliphatic heterocycles. The minimum Gasteiger partial charge on any atom is -0.382 e. The molecule has 1 fully saturated rings. The smallest absolute Gasteiger partial charge is 0.0546 e. The molecule has 1 atom stereocenters. The van der Waals surface area contributed by atoms with E-state index in [4.69, 9.17) is 10.5 Å². The largest absolute Gasteiger partial charge is 0.382 e. The highest BCUT2D eigenvalue weighted by atomic mass is 16.5. The lowest BCUT2D eigenvalue weighted by Gasteiger charge is -2.11. The predicted molar refractivity (Wildman–Crippen MR) is 71.1 cm³/mol. The van der Waals surface area contributed by atoms with Crippen LogP contribution in [0.1, 0.15) is 37.3 Å². The fourth-order valence-corrected chi connectivity index (χ4v) is 2.06. The summed E-state index contributed by atoms with van der Waals surface area (Å²) in [6.45, 7) is 2.11. The number of methoxy groups -OCH3 is 1. The molecule has 1 aliphatic carbocycles. The molecular weight excluding hydrogens is 210 g/mol. The highest BCUT2D eigenvalue weighted by Gasteiger charge is 2.37. The van der Waals surface area contributed by atoms with Gasteiger partial charge in [-0.3, -0.25) is 0 Å². The molecule has 0 aromatic heterocycles. The van der Waals surface area contributed by atoms with E-state index in [1.54, 1.807) is 7.11 Å². The van der Waals surface area contributed by atoms with Crippen LogP contribution in [0.5, 0.6) is 0 Å². The molecule has 1 aromatic carbocycles. The van der Waals surface area contributed by atoms with Crippen molar-refractivity contribution in [2.45, 2.75) is 50.7 Å². The average molecular weight is 233 g/mol. The SMILES string of the molecule is COC(C)CCc1ccc(CC2(N)CC2)cc1. The minimum atomic E-state index is 0.117. The van der Waals surface area contributed by atoms with Gasteiger partial charge in [0, 0.05) is 12.6 Å². The number of nitrogens with two attached hydrogens (primary N) is 1. The number of ether oxygens (including phenoxy) is 1. The van der Waals surface area contributed by atoms with Gasteiger partial charge in [0.15, 0.2) is 0 Å². The van der Waals surface area contributed by atoms with Crippen molar-refractivity contribution in [1.82, 2.24) is 0 Å². The van der Waals surface area contributed by atoms with Gasteiger partial charge >= 0.3 is 0 Å². The fourth-order valence-electron chi connectivity index (χ4n) is 2.06. The summed E-state index contributed by atoms with van der Waals surface area (Å²) in [5.74, 6) is 0. The molecule has 94 valence electrons. The predicted octanol–water partition coefficient (Wildman–Crippen LogP) is 2.69. The van der Waals surface area contributed by atoms with Crippen LogP contribution < -0.4 is 5.73 Å². The summed E-state index contributed by atoms with van der Waals surface area (Å²) in [6, 6.07) is 8.90. The van der Waals surface area contributed by atoms with Crippen molar-refractivity contribution >= 4 is 0 Å². The zero-order chi connectivity index (χ0) is 12.3. The molecule has 0 saturated heterocycles. The van der Waals surface area contributed by atoms with Gasteiger partial charge < -0.3 is 10.5 Å². The zero-order valence-electron chi connectivity index (χ0n) is 10.9. The highest BCUT2D eigenvalue weighted by Crippen LogP contribution is 2.35. The van der Waals surface area contributed by atoms with Crippen LogP contribution in [0.4, 0.5) is 0 Å². The number of aryl methyl sites for hydroxylation is 1. The normalized spacial score (nSPS) is 19.0. The van der Waals surface area contributed by atoms with Crippen LogP contribution in [-0.2, 0) is 17.6 Å². The van der Waals surface area contributed by atoms with Crippen molar-refractivity contribution in [2.75, 3.05) is 7.11 Å². The highest BCUT2D eigenvalue weighted by molar-refractivity contribution is 5.25. The summed E-state index contributed by atoms with van der Waals surface area (Å²) in [5, 5.41) is 0. The van der Waals surface area contributed by atoms with Crippen LogP contribution in [0.2, 0.25) is 0 Å². The van der Waals surface area contributed by atoms with E-state index in [0.29, 0.717) is 6.10 Å².